The van der Waals surface area contributed by atoms with Crippen molar-refractivity contribution in [1.29, 1.82) is 0 Å². The highest BCUT2D eigenvalue weighted by atomic mass is 79.9. The first kappa shape index (κ1) is 10.0. The van der Waals surface area contributed by atoms with E-state index in [1.807, 2.05) is 30.5 Å². The molecule has 0 saturated heterocycles. The molecule has 18 heavy (non-hydrogen) atoms. The number of fused-ring (bicyclic) bond motifs is 5. The lowest BCUT2D eigenvalue weighted by molar-refractivity contribution is 1.19. The maximum atomic E-state index is 4.53. The van der Waals surface area contributed by atoms with Gasteiger partial charge in [-0.25, -0.2) is 9.97 Å². The van der Waals surface area contributed by atoms with E-state index in [4.69, 9.17) is 0 Å². The van der Waals surface area contributed by atoms with Crippen LogP contribution in [0.1, 0.15) is 0 Å². The highest BCUT2D eigenvalue weighted by molar-refractivity contribution is 9.10. The second-order valence-corrected chi connectivity index (χ2v) is 5.11. The molecule has 0 fully saturated rings. The molecule has 0 aliphatic rings. The van der Waals surface area contributed by atoms with Crippen LogP contribution >= 0.6 is 15.9 Å². The van der Waals surface area contributed by atoms with Gasteiger partial charge in [-0.2, -0.15) is 0 Å². The maximum Gasteiger partial charge on any atom is 0.235 e. The van der Waals surface area contributed by atoms with Crippen molar-refractivity contribution in [2.75, 3.05) is 0 Å². The van der Waals surface area contributed by atoms with Gasteiger partial charge in [0.1, 0.15) is 0 Å². The van der Waals surface area contributed by atoms with Crippen LogP contribution in [0.3, 0.4) is 0 Å². The van der Waals surface area contributed by atoms with E-state index in [1.165, 1.54) is 0 Å². The lowest BCUT2D eigenvalue weighted by Gasteiger charge is -2.02. The SMILES string of the molecule is Brc1ccc2c(cnc3nc4ccccc4n32)c1. The van der Waals surface area contributed by atoms with Gasteiger partial charge < -0.3 is 0 Å². The molecule has 2 aromatic heterocycles. The molecular weight excluding hydrogens is 290 g/mol. The number of halogens is 1. The van der Waals surface area contributed by atoms with E-state index < -0.39 is 0 Å². The van der Waals surface area contributed by atoms with Crippen LogP contribution in [0.25, 0.3) is 27.7 Å². The van der Waals surface area contributed by atoms with Gasteiger partial charge in [0, 0.05) is 16.1 Å². The number of imidazole rings is 1. The van der Waals surface area contributed by atoms with E-state index in [-0.39, 0.29) is 0 Å². The fraction of sp³-hybridized carbons (Fsp3) is 0. The third-order valence-corrected chi connectivity index (χ3v) is 3.59. The van der Waals surface area contributed by atoms with Gasteiger partial charge in [0.05, 0.1) is 16.6 Å². The van der Waals surface area contributed by atoms with Crippen LogP contribution < -0.4 is 0 Å². The Kier molecular flexibility index (Phi) is 1.96. The number of benzene rings is 2. The predicted molar refractivity (Wildman–Crippen MR) is 75.7 cm³/mol. The summed E-state index contributed by atoms with van der Waals surface area (Å²) in [6, 6.07) is 14.3. The van der Waals surface area contributed by atoms with Crippen LogP contribution in [0.5, 0.6) is 0 Å². The molecule has 3 nitrogen and oxygen atoms in total. The molecule has 0 saturated carbocycles. The van der Waals surface area contributed by atoms with Crippen LogP contribution in [0.4, 0.5) is 0 Å². The Morgan fingerprint density at radius 2 is 1.89 bits per heavy atom. The van der Waals surface area contributed by atoms with Gasteiger partial charge >= 0.3 is 0 Å². The van der Waals surface area contributed by atoms with E-state index in [0.29, 0.717) is 0 Å². The average molecular weight is 298 g/mol. The summed E-state index contributed by atoms with van der Waals surface area (Å²) in [4.78, 5) is 8.95. The summed E-state index contributed by atoms with van der Waals surface area (Å²) in [5.41, 5.74) is 3.19. The summed E-state index contributed by atoms with van der Waals surface area (Å²) in [5.74, 6) is 0.742. The Hall–Kier alpha value is -1.94. The molecule has 0 bridgehead atoms. The zero-order valence-electron chi connectivity index (χ0n) is 9.34. The Balaban J connectivity index is 2.32. The first-order valence-corrected chi connectivity index (χ1v) is 6.44. The summed E-state index contributed by atoms with van der Waals surface area (Å²) in [6.07, 6.45) is 1.86. The van der Waals surface area contributed by atoms with Gasteiger partial charge in [0.25, 0.3) is 0 Å². The van der Waals surface area contributed by atoms with Crippen molar-refractivity contribution in [3.8, 4) is 0 Å². The smallest absolute Gasteiger partial charge is 0.235 e. The number of hydrogen-bond donors (Lipinski definition) is 0. The number of nitrogens with zero attached hydrogens (tertiary/aromatic N) is 3. The number of rotatable bonds is 0. The molecule has 86 valence electrons. The lowest BCUT2D eigenvalue weighted by atomic mass is 10.2. The Bertz CT molecular complexity index is 895. The molecule has 0 atom stereocenters. The molecule has 2 aromatic carbocycles. The standard InChI is InChI=1S/C14H8BrN3/c15-10-5-6-12-9(7-10)8-16-14-17-11-3-1-2-4-13(11)18(12)14/h1-8H. The van der Waals surface area contributed by atoms with Crippen LogP contribution in [0.15, 0.2) is 53.1 Å². The van der Waals surface area contributed by atoms with Crippen LogP contribution in [-0.2, 0) is 0 Å². The third kappa shape index (κ3) is 1.29. The van der Waals surface area contributed by atoms with Gasteiger partial charge in [-0.05, 0) is 30.3 Å². The Morgan fingerprint density at radius 1 is 1.00 bits per heavy atom. The zero-order chi connectivity index (χ0) is 12.1. The maximum absolute atomic E-state index is 4.53. The second-order valence-electron chi connectivity index (χ2n) is 4.20. The van der Waals surface area contributed by atoms with E-state index >= 15 is 0 Å². The first-order chi connectivity index (χ1) is 8.83. The van der Waals surface area contributed by atoms with Gasteiger partial charge in [0.15, 0.2) is 0 Å². The molecule has 0 N–H and O–H groups in total. The zero-order valence-corrected chi connectivity index (χ0v) is 10.9. The van der Waals surface area contributed by atoms with Crippen molar-refractivity contribution < 1.29 is 0 Å². The van der Waals surface area contributed by atoms with E-state index in [1.54, 1.807) is 0 Å². The van der Waals surface area contributed by atoms with Crippen molar-refractivity contribution in [3.63, 3.8) is 0 Å². The van der Waals surface area contributed by atoms with Crippen LogP contribution in [0.2, 0.25) is 0 Å². The van der Waals surface area contributed by atoms with Gasteiger partial charge in [-0.15, -0.1) is 0 Å². The van der Waals surface area contributed by atoms with Crippen LogP contribution in [-0.4, -0.2) is 14.4 Å². The van der Waals surface area contributed by atoms with Crippen molar-refractivity contribution in [3.05, 3.63) is 53.1 Å². The minimum Gasteiger partial charge on any atom is -0.276 e. The summed E-state index contributed by atoms with van der Waals surface area (Å²) >= 11 is 3.48. The fourth-order valence-corrected chi connectivity index (χ4v) is 2.68. The molecule has 0 radical (unpaired) electrons. The largest absolute Gasteiger partial charge is 0.276 e. The number of para-hydroxylation sites is 2. The average Bonchev–Trinajstić information content (AvgIpc) is 2.77. The lowest BCUT2D eigenvalue weighted by Crippen LogP contribution is -1.91. The Morgan fingerprint density at radius 3 is 2.83 bits per heavy atom. The monoisotopic (exact) mass is 297 g/mol. The molecule has 2 heterocycles. The summed E-state index contributed by atoms with van der Waals surface area (Å²) in [6.45, 7) is 0. The van der Waals surface area contributed by atoms with Crippen molar-refractivity contribution in [2.45, 2.75) is 0 Å². The summed E-state index contributed by atoms with van der Waals surface area (Å²) in [7, 11) is 0. The number of hydrogen-bond acceptors (Lipinski definition) is 2. The van der Waals surface area contributed by atoms with Crippen molar-refractivity contribution >= 4 is 43.6 Å². The van der Waals surface area contributed by atoms with Gasteiger partial charge in [0.2, 0.25) is 5.78 Å². The highest BCUT2D eigenvalue weighted by Gasteiger charge is 2.07. The minimum atomic E-state index is 0.742. The molecule has 0 aliphatic heterocycles. The van der Waals surface area contributed by atoms with E-state index in [0.717, 1.165) is 32.2 Å². The number of aromatic nitrogens is 3. The normalized spacial score (nSPS) is 11.6. The highest BCUT2D eigenvalue weighted by Crippen LogP contribution is 2.23. The Labute approximate surface area is 111 Å². The summed E-state index contributed by atoms with van der Waals surface area (Å²) in [5, 5.41) is 1.10. The molecule has 4 aromatic rings. The van der Waals surface area contributed by atoms with E-state index in [9.17, 15) is 0 Å². The molecule has 0 spiro atoms. The molecule has 0 aliphatic carbocycles. The molecule has 4 rings (SSSR count). The van der Waals surface area contributed by atoms with E-state index in [2.05, 4.69) is 48.5 Å². The van der Waals surface area contributed by atoms with Crippen molar-refractivity contribution in [2.24, 2.45) is 0 Å². The molecule has 4 heteroatoms. The molecular formula is C14H8BrN3. The second kappa shape index (κ2) is 3.53. The first-order valence-electron chi connectivity index (χ1n) is 5.64. The quantitative estimate of drug-likeness (QED) is 0.494. The van der Waals surface area contributed by atoms with Gasteiger partial charge in [-0.3, -0.25) is 4.40 Å². The van der Waals surface area contributed by atoms with Crippen molar-refractivity contribution in [1.82, 2.24) is 14.4 Å². The molecule has 0 amide bonds. The topological polar surface area (TPSA) is 30.2 Å². The summed E-state index contributed by atoms with van der Waals surface area (Å²) < 4.78 is 3.15. The fourth-order valence-electron chi connectivity index (χ4n) is 2.30. The van der Waals surface area contributed by atoms with Gasteiger partial charge in [-0.1, -0.05) is 28.1 Å². The van der Waals surface area contributed by atoms with Crippen LogP contribution in [0, 0.1) is 0 Å². The predicted octanol–water partition coefficient (Wildman–Crippen LogP) is 3.80. The third-order valence-electron chi connectivity index (χ3n) is 3.09. The molecule has 0 unspecified atom stereocenters. The minimum absolute atomic E-state index is 0.742.